The van der Waals surface area contributed by atoms with Crippen LogP contribution in [-0.4, -0.2) is 9.55 Å². The summed E-state index contributed by atoms with van der Waals surface area (Å²) in [6.07, 6.45) is 0.896. The molecule has 0 amide bonds. The van der Waals surface area contributed by atoms with Gasteiger partial charge in [-0.05, 0) is 18.6 Å². The van der Waals surface area contributed by atoms with Gasteiger partial charge in [-0.2, -0.15) is 0 Å². The van der Waals surface area contributed by atoms with Crippen LogP contribution in [0.15, 0.2) is 29.1 Å². The summed E-state index contributed by atoms with van der Waals surface area (Å²) in [5.41, 5.74) is 6.99. The molecule has 0 atom stereocenters. The highest BCUT2D eigenvalue weighted by Crippen LogP contribution is 2.10. The number of aryl methyl sites for hydroxylation is 1. The zero-order valence-corrected chi connectivity index (χ0v) is 9.83. The molecule has 0 saturated carbocycles. The third-order valence-electron chi connectivity index (χ3n) is 2.32. The van der Waals surface area contributed by atoms with Crippen LogP contribution in [0.5, 0.6) is 0 Å². The van der Waals surface area contributed by atoms with Gasteiger partial charge in [0.1, 0.15) is 0 Å². The molecule has 0 aliphatic carbocycles. The third-order valence-corrected chi connectivity index (χ3v) is 2.32. The maximum absolute atomic E-state index is 11.7. The van der Waals surface area contributed by atoms with Gasteiger partial charge in [-0.3, -0.25) is 4.79 Å². The van der Waals surface area contributed by atoms with Crippen LogP contribution < -0.4 is 11.3 Å². The van der Waals surface area contributed by atoms with Crippen molar-refractivity contribution in [1.82, 2.24) is 9.55 Å². The van der Waals surface area contributed by atoms with Crippen LogP contribution in [0.25, 0.3) is 11.0 Å². The molecule has 1 heterocycles. The van der Waals surface area contributed by atoms with E-state index in [0.717, 1.165) is 17.5 Å². The first-order valence-corrected chi connectivity index (χ1v) is 4.99. The Labute approximate surface area is 99.5 Å². The third kappa shape index (κ3) is 2.02. The SMILES string of the molecule is CCCn1c(=O)c(N)nc2ccccc21.Cl. The second-order valence-electron chi connectivity index (χ2n) is 3.44. The Morgan fingerprint density at radius 1 is 1.38 bits per heavy atom. The monoisotopic (exact) mass is 239 g/mol. The van der Waals surface area contributed by atoms with Gasteiger partial charge in [-0.15, -0.1) is 12.4 Å². The van der Waals surface area contributed by atoms with Crippen molar-refractivity contribution >= 4 is 29.3 Å². The number of rotatable bonds is 2. The number of hydrogen-bond donors (Lipinski definition) is 1. The molecule has 0 aliphatic heterocycles. The van der Waals surface area contributed by atoms with Gasteiger partial charge in [0.2, 0.25) is 0 Å². The lowest BCUT2D eigenvalue weighted by molar-refractivity contribution is 0.677. The number of nitrogen functional groups attached to an aromatic ring is 1. The molecule has 0 fully saturated rings. The Balaban J connectivity index is 0.00000128. The van der Waals surface area contributed by atoms with E-state index in [9.17, 15) is 4.79 Å². The average Bonchev–Trinajstić information content (AvgIpc) is 2.25. The van der Waals surface area contributed by atoms with Crippen LogP contribution in [0.4, 0.5) is 5.82 Å². The molecule has 0 radical (unpaired) electrons. The smallest absolute Gasteiger partial charge is 0.293 e. The predicted octanol–water partition coefficient (Wildman–Crippen LogP) is 1.81. The molecule has 2 rings (SSSR count). The normalized spacial score (nSPS) is 10.1. The molecule has 0 aliphatic rings. The standard InChI is InChI=1S/C11H13N3O.ClH/c1-2-7-14-9-6-4-3-5-8(9)13-10(12)11(14)15;/h3-6H,2,7H2,1H3,(H2,12,13);1H. The van der Waals surface area contributed by atoms with Crippen molar-refractivity contribution in [1.29, 1.82) is 0 Å². The number of hydrogen-bond acceptors (Lipinski definition) is 3. The van der Waals surface area contributed by atoms with E-state index in [2.05, 4.69) is 4.98 Å². The second kappa shape index (κ2) is 4.99. The van der Waals surface area contributed by atoms with Crippen molar-refractivity contribution in [3.05, 3.63) is 34.6 Å². The van der Waals surface area contributed by atoms with Gasteiger partial charge in [-0.25, -0.2) is 4.98 Å². The molecular weight excluding hydrogens is 226 g/mol. The molecular formula is C11H14ClN3O. The Morgan fingerprint density at radius 3 is 2.75 bits per heavy atom. The molecule has 4 nitrogen and oxygen atoms in total. The summed E-state index contributed by atoms with van der Waals surface area (Å²) >= 11 is 0. The zero-order chi connectivity index (χ0) is 10.8. The number of aromatic nitrogens is 2. The zero-order valence-electron chi connectivity index (χ0n) is 9.01. The van der Waals surface area contributed by atoms with E-state index in [0.29, 0.717) is 6.54 Å². The molecule has 86 valence electrons. The Hall–Kier alpha value is -1.55. The Bertz CT molecular complexity index is 550. The van der Waals surface area contributed by atoms with E-state index in [-0.39, 0.29) is 23.8 Å². The lowest BCUT2D eigenvalue weighted by Gasteiger charge is -2.08. The van der Waals surface area contributed by atoms with Gasteiger partial charge in [0.25, 0.3) is 5.56 Å². The van der Waals surface area contributed by atoms with Gasteiger partial charge in [0.05, 0.1) is 11.0 Å². The molecule has 0 spiro atoms. The number of nitrogens with two attached hydrogens (primary N) is 1. The number of halogens is 1. The van der Waals surface area contributed by atoms with Crippen molar-refractivity contribution in [2.24, 2.45) is 0 Å². The quantitative estimate of drug-likeness (QED) is 0.870. The minimum absolute atomic E-state index is 0. The highest BCUT2D eigenvalue weighted by atomic mass is 35.5. The van der Waals surface area contributed by atoms with E-state index >= 15 is 0 Å². The fourth-order valence-corrected chi connectivity index (χ4v) is 1.66. The minimum Gasteiger partial charge on any atom is -0.379 e. The lowest BCUT2D eigenvalue weighted by Crippen LogP contribution is -2.24. The number of fused-ring (bicyclic) bond motifs is 1. The van der Waals surface area contributed by atoms with Crippen LogP contribution in [-0.2, 0) is 6.54 Å². The Kier molecular flexibility index (Phi) is 3.90. The fourth-order valence-electron chi connectivity index (χ4n) is 1.66. The molecule has 1 aromatic heterocycles. The summed E-state index contributed by atoms with van der Waals surface area (Å²) in [6, 6.07) is 7.53. The molecule has 2 aromatic rings. The van der Waals surface area contributed by atoms with Crippen molar-refractivity contribution in [3.8, 4) is 0 Å². The van der Waals surface area contributed by atoms with Gasteiger partial charge in [0, 0.05) is 6.54 Å². The second-order valence-corrected chi connectivity index (χ2v) is 3.44. The van der Waals surface area contributed by atoms with Crippen LogP contribution in [0.3, 0.4) is 0 Å². The van der Waals surface area contributed by atoms with Crippen molar-refractivity contribution in [2.75, 3.05) is 5.73 Å². The van der Waals surface area contributed by atoms with Crippen LogP contribution in [0.2, 0.25) is 0 Å². The number of nitrogens with zero attached hydrogens (tertiary/aromatic N) is 2. The maximum Gasteiger partial charge on any atom is 0.293 e. The number of anilines is 1. The average molecular weight is 240 g/mol. The summed E-state index contributed by atoms with van der Waals surface area (Å²) in [7, 11) is 0. The van der Waals surface area contributed by atoms with Gasteiger partial charge in [-0.1, -0.05) is 19.1 Å². The van der Waals surface area contributed by atoms with Crippen LogP contribution >= 0.6 is 12.4 Å². The molecule has 0 bridgehead atoms. The van der Waals surface area contributed by atoms with E-state index in [4.69, 9.17) is 5.73 Å². The summed E-state index contributed by atoms with van der Waals surface area (Å²) in [4.78, 5) is 15.8. The largest absolute Gasteiger partial charge is 0.379 e. The lowest BCUT2D eigenvalue weighted by atomic mass is 10.3. The Morgan fingerprint density at radius 2 is 2.06 bits per heavy atom. The first-order chi connectivity index (χ1) is 7.24. The van der Waals surface area contributed by atoms with E-state index in [1.165, 1.54) is 0 Å². The van der Waals surface area contributed by atoms with E-state index in [1.54, 1.807) is 4.57 Å². The summed E-state index contributed by atoms with van der Waals surface area (Å²) in [5, 5.41) is 0. The van der Waals surface area contributed by atoms with Crippen LogP contribution in [0, 0.1) is 0 Å². The molecule has 2 N–H and O–H groups in total. The summed E-state index contributed by atoms with van der Waals surface area (Å²) in [6.45, 7) is 2.70. The topological polar surface area (TPSA) is 60.9 Å². The minimum atomic E-state index is -0.199. The summed E-state index contributed by atoms with van der Waals surface area (Å²) in [5.74, 6) is 0.0714. The van der Waals surface area contributed by atoms with E-state index < -0.39 is 0 Å². The summed E-state index contributed by atoms with van der Waals surface area (Å²) < 4.78 is 1.68. The fraction of sp³-hybridized carbons (Fsp3) is 0.273. The van der Waals surface area contributed by atoms with Crippen molar-refractivity contribution < 1.29 is 0 Å². The molecule has 0 unspecified atom stereocenters. The molecule has 5 heteroatoms. The van der Waals surface area contributed by atoms with Gasteiger partial charge in [0.15, 0.2) is 5.82 Å². The molecule has 16 heavy (non-hydrogen) atoms. The van der Waals surface area contributed by atoms with Crippen LogP contribution in [0.1, 0.15) is 13.3 Å². The highest BCUT2D eigenvalue weighted by Gasteiger charge is 2.06. The number of benzene rings is 1. The first kappa shape index (κ1) is 12.5. The molecule has 0 saturated heterocycles. The maximum atomic E-state index is 11.7. The highest BCUT2D eigenvalue weighted by molar-refractivity contribution is 5.85. The predicted molar refractivity (Wildman–Crippen MR) is 68.0 cm³/mol. The van der Waals surface area contributed by atoms with E-state index in [1.807, 2.05) is 31.2 Å². The molecule has 1 aromatic carbocycles. The van der Waals surface area contributed by atoms with Crippen molar-refractivity contribution in [2.45, 2.75) is 19.9 Å². The number of para-hydroxylation sites is 2. The van der Waals surface area contributed by atoms with Crippen molar-refractivity contribution in [3.63, 3.8) is 0 Å². The first-order valence-electron chi connectivity index (χ1n) is 4.99. The van der Waals surface area contributed by atoms with Gasteiger partial charge >= 0.3 is 0 Å². The van der Waals surface area contributed by atoms with Gasteiger partial charge < -0.3 is 10.3 Å².